The number of oxime groups is 1. The molecule has 0 spiro atoms. The van der Waals surface area contributed by atoms with Crippen LogP contribution in [0.5, 0.6) is 5.75 Å². The summed E-state index contributed by atoms with van der Waals surface area (Å²) in [5, 5.41) is 5.17. The van der Waals surface area contributed by atoms with Gasteiger partial charge < -0.3 is 14.5 Å². The summed E-state index contributed by atoms with van der Waals surface area (Å²) in [7, 11) is 1.63. The summed E-state index contributed by atoms with van der Waals surface area (Å²) in [6, 6.07) is 13.1. The molecule has 0 saturated carbocycles. The molecule has 1 aliphatic heterocycles. The predicted octanol–water partition coefficient (Wildman–Crippen LogP) is 4.93. The van der Waals surface area contributed by atoms with Crippen LogP contribution in [0.1, 0.15) is 30.9 Å². The molecule has 7 heteroatoms. The van der Waals surface area contributed by atoms with E-state index < -0.39 is 0 Å². The quantitative estimate of drug-likeness (QED) is 0.637. The fraction of sp³-hybridized carbons (Fsp3) is 0.333. The molecule has 148 valence electrons. The first-order chi connectivity index (χ1) is 13.5. The van der Waals surface area contributed by atoms with Crippen molar-refractivity contribution in [2.24, 2.45) is 5.16 Å². The zero-order valence-electron chi connectivity index (χ0n) is 15.8. The molecule has 0 aromatic heterocycles. The summed E-state index contributed by atoms with van der Waals surface area (Å²) >= 11 is 12.1. The van der Waals surface area contributed by atoms with E-state index in [1.54, 1.807) is 24.1 Å². The van der Waals surface area contributed by atoms with E-state index in [9.17, 15) is 4.79 Å². The van der Waals surface area contributed by atoms with E-state index in [0.29, 0.717) is 36.0 Å². The number of rotatable bonds is 7. The van der Waals surface area contributed by atoms with Crippen molar-refractivity contribution in [1.82, 2.24) is 4.90 Å². The minimum absolute atomic E-state index is 0.0643. The van der Waals surface area contributed by atoms with Gasteiger partial charge in [-0.3, -0.25) is 4.79 Å². The molecule has 2 aromatic rings. The van der Waals surface area contributed by atoms with Crippen LogP contribution in [0.3, 0.4) is 0 Å². The minimum atomic E-state index is -0.203. The summed E-state index contributed by atoms with van der Waals surface area (Å²) in [5.41, 5.74) is 2.68. The number of carbonyl (C=O) groups excluding carboxylic acids is 1. The number of benzene rings is 2. The van der Waals surface area contributed by atoms with Crippen LogP contribution in [-0.2, 0) is 16.2 Å². The molecular weight excluding hydrogens is 399 g/mol. The van der Waals surface area contributed by atoms with Gasteiger partial charge in [0.25, 0.3) is 0 Å². The second-order valence-electron chi connectivity index (χ2n) is 6.58. The lowest BCUT2D eigenvalue weighted by Crippen LogP contribution is -2.36. The molecule has 1 amide bonds. The van der Waals surface area contributed by atoms with E-state index in [4.69, 9.17) is 32.8 Å². The number of carbonyl (C=O) groups is 1. The van der Waals surface area contributed by atoms with Gasteiger partial charge in [-0.15, -0.1) is 0 Å². The molecule has 0 fully saturated rings. The van der Waals surface area contributed by atoms with Crippen molar-refractivity contribution in [2.75, 3.05) is 13.7 Å². The molecule has 5 nitrogen and oxygen atoms in total. The SMILES string of the molecule is CCC(=O)N(Cc1cccc(OC)c1)C[C@@H]1CC(c2ccc(Cl)c(Cl)c2)=NO1. The zero-order chi connectivity index (χ0) is 20.1. The number of methoxy groups -OCH3 is 1. The van der Waals surface area contributed by atoms with Gasteiger partial charge in [-0.05, 0) is 29.8 Å². The maximum Gasteiger partial charge on any atom is 0.222 e. The highest BCUT2D eigenvalue weighted by atomic mass is 35.5. The van der Waals surface area contributed by atoms with Crippen molar-refractivity contribution in [1.29, 1.82) is 0 Å². The molecule has 0 aliphatic carbocycles. The molecule has 28 heavy (non-hydrogen) atoms. The van der Waals surface area contributed by atoms with E-state index in [0.717, 1.165) is 22.6 Å². The second kappa shape index (κ2) is 9.30. The largest absolute Gasteiger partial charge is 0.497 e. The van der Waals surface area contributed by atoms with Crippen molar-refractivity contribution in [2.45, 2.75) is 32.4 Å². The Morgan fingerprint density at radius 2 is 2.07 bits per heavy atom. The lowest BCUT2D eigenvalue weighted by Gasteiger charge is -2.24. The molecule has 1 heterocycles. The van der Waals surface area contributed by atoms with Crippen LogP contribution in [-0.4, -0.2) is 36.3 Å². The maximum atomic E-state index is 12.5. The molecule has 2 aromatic carbocycles. The third kappa shape index (κ3) is 4.97. The first-order valence-electron chi connectivity index (χ1n) is 9.09. The third-order valence-corrected chi connectivity index (χ3v) is 5.31. The Morgan fingerprint density at radius 1 is 1.25 bits per heavy atom. The van der Waals surface area contributed by atoms with Crippen molar-refractivity contribution < 1.29 is 14.4 Å². The van der Waals surface area contributed by atoms with Crippen LogP contribution in [0.4, 0.5) is 0 Å². The fourth-order valence-corrected chi connectivity index (χ4v) is 3.39. The monoisotopic (exact) mass is 420 g/mol. The van der Waals surface area contributed by atoms with Gasteiger partial charge >= 0.3 is 0 Å². The summed E-state index contributed by atoms with van der Waals surface area (Å²) in [5.74, 6) is 0.832. The van der Waals surface area contributed by atoms with Crippen LogP contribution >= 0.6 is 23.2 Å². The third-order valence-electron chi connectivity index (χ3n) is 4.57. The average molecular weight is 421 g/mol. The first-order valence-corrected chi connectivity index (χ1v) is 9.84. The van der Waals surface area contributed by atoms with Crippen LogP contribution in [0, 0.1) is 0 Å². The molecule has 0 radical (unpaired) electrons. The number of nitrogens with zero attached hydrogens (tertiary/aromatic N) is 2. The van der Waals surface area contributed by atoms with Gasteiger partial charge in [0.2, 0.25) is 5.91 Å². The van der Waals surface area contributed by atoms with E-state index in [-0.39, 0.29) is 12.0 Å². The Labute approximate surface area is 174 Å². The van der Waals surface area contributed by atoms with Crippen molar-refractivity contribution in [3.63, 3.8) is 0 Å². The molecule has 0 saturated heterocycles. The summed E-state index contributed by atoms with van der Waals surface area (Å²) in [6.07, 6.45) is 0.825. The topological polar surface area (TPSA) is 51.1 Å². The average Bonchev–Trinajstić information content (AvgIpc) is 3.17. The summed E-state index contributed by atoms with van der Waals surface area (Å²) in [6.45, 7) is 2.80. The molecule has 0 bridgehead atoms. The summed E-state index contributed by atoms with van der Waals surface area (Å²) < 4.78 is 5.27. The van der Waals surface area contributed by atoms with Crippen LogP contribution in [0.2, 0.25) is 10.0 Å². The van der Waals surface area contributed by atoms with Crippen molar-refractivity contribution in [3.05, 3.63) is 63.6 Å². The Bertz CT molecular complexity index is 886. The van der Waals surface area contributed by atoms with Gasteiger partial charge in [-0.2, -0.15) is 0 Å². The number of hydrogen-bond donors (Lipinski definition) is 0. The molecule has 0 N–H and O–H groups in total. The highest BCUT2D eigenvalue weighted by Crippen LogP contribution is 2.26. The molecule has 3 rings (SSSR count). The Kier molecular flexibility index (Phi) is 6.81. The van der Waals surface area contributed by atoms with Gasteiger partial charge in [-0.1, -0.05) is 53.5 Å². The van der Waals surface area contributed by atoms with E-state index in [2.05, 4.69) is 5.16 Å². The highest BCUT2D eigenvalue weighted by molar-refractivity contribution is 6.42. The van der Waals surface area contributed by atoms with Gasteiger partial charge in [0.15, 0.2) is 6.10 Å². The van der Waals surface area contributed by atoms with Crippen molar-refractivity contribution >= 4 is 34.8 Å². The number of ether oxygens (including phenoxy) is 1. The van der Waals surface area contributed by atoms with E-state index in [1.165, 1.54) is 0 Å². The maximum absolute atomic E-state index is 12.5. The lowest BCUT2D eigenvalue weighted by atomic mass is 10.0. The van der Waals surface area contributed by atoms with Gasteiger partial charge in [0, 0.05) is 24.9 Å². The number of amides is 1. The molecule has 1 atom stereocenters. The van der Waals surface area contributed by atoms with Crippen LogP contribution < -0.4 is 4.74 Å². The first kappa shape index (κ1) is 20.5. The smallest absolute Gasteiger partial charge is 0.222 e. The van der Waals surface area contributed by atoms with Crippen molar-refractivity contribution in [3.8, 4) is 5.75 Å². The van der Waals surface area contributed by atoms with Crippen LogP contribution in [0.25, 0.3) is 0 Å². The molecular formula is C21H22Cl2N2O3. The Hall–Kier alpha value is -2.24. The fourth-order valence-electron chi connectivity index (χ4n) is 3.09. The number of halogens is 2. The minimum Gasteiger partial charge on any atom is -0.497 e. The lowest BCUT2D eigenvalue weighted by molar-refractivity contribution is -0.133. The normalized spacial score (nSPS) is 15.7. The van der Waals surface area contributed by atoms with E-state index in [1.807, 2.05) is 37.3 Å². The standard InChI is InChI=1S/C21H22Cl2N2O3/c1-3-21(26)25(12-14-5-4-6-16(9-14)27-2)13-17-11-20(24-28-17)15-7-8-18(22)19(23)10-15/h4-10,17H,3,11-13H2,1-2H3/t17-/m0/s1. The Morgan fingerprint density at radius 3 is 2.79 bits per heavy atom. The number of hydrogen-bond acceptors (Lipinski definition) is 4. The van der Waals surface area contributed by atoms with Gasteiger partial charge in [0.05, 0.1) is 29.4 Å². The molecule has 1 aliphatic rings. The Balaban J connectivity index is 1.67. The second-order valence-corrected chi connectivity index (χ2v) is 7.39. The molecule has 0 unspecified atom stereocenters. The predicted molar refractivity (Wildman–Crippen MR) is 111 cm³/mol. The summed E-state index contributed by atoms with van der Waals surface area (Å²) in [4.78, 5) is 19.9. The van der Waals surface area contributed by atoms with Gasteiger partial charge in [0.1, 0.15) is 5.75 Å². The van der Waals surface area contributed by atoms with Crippen LogP contribution in [0.15, 0.2) is 47.6 Å². The highest BCUT2D eigenvalue weighted by Gasteiger charge is 2.26. The van der Waals surface area contributed by atoms with E-state index >= 15 is 0 Å². The zero-order valence-corrected chi connectivity index (χ0v) is 17.3. The van der Waals surface area contributed by atoms with Gasteiger partial charge in [-0.25, -0.2) is 0 Å².